The zero-order chi connectivity index (χ0) is 20.4. The van der Waals surface area contributed by atoms with Gasteiger partial charge in [-0.3, -0.25) is 29.9 Å². The molecule has 1 fully saturated rings. The highest BCUT2D eigenvalue weighted by atomic mass is 14.9. The highest BCUT2D eigenvalue weighted by Crippen LogP contribution is 2.26. The van der Waals surface area contributed by atoms with Gasteiger partial charge in [0.05, 0.1) is 35.2 Å². The molecule has 0 aromatic carbocycles. The third kappa shape index (κ3) is 5.98. The second-order valence-corrected chi connectivity index (χ2v) is 7.27. The smallest absolute Gasteiger partial charge is 0.0807 e. The van der Waals surface area contributed by atoms with Gasteiger partial charge in [0, 0.05) is 37.2 Å². The maximum atomic E-state index is 4.80. The van der Waals surface area contributed by atoms with E-state index in [-0.39, 0.29) is 18.1 Å². The van der Waals surface area contributed by atoms with Gasteiger partial charge in [-0.1, -0.05) is 18.2 Å². The molecule has 0 atom stereocenters. The maximum Gasteiger partial charge on any atom is 0.0807 e. The second kappa shape index (κ2) is 10.3. The van der Waals surface area contributed by atoms with Gasteiger partial charge in [-0.2, -0.15) is 0 Å². The molecule has 150 valence electrons. The van der Waals surface area contributed by atoms with Crippen molar-refractivity contribution in [2.24, 2.45) is 15.0 Å². The standard InChI is InChI=1S/C24H24N6/c1-4-10-25-19(7-1)16-28-22-13-23(29-17-20-8-2-5-11-26-20)15-24(14-22)30-18-21-9-3-6-12-27-21/h1-12,16-18,22-24H,13-15H2. The lowest BCUT2D eigenvalue weighted by Crippen LogP contribution is -2.30. The molecule has 0 amide bonds. The van der Waals surface area contributed by atoms with E-state index in [1.54, 1.807) is 18.6 Å². The largest absolute Gasteiger partial charge is 0.287 e. The Morgan fingerprint density at radius 1 is 0.533 bits per heavy atom. The van der Waals surface area contributed by atoms with Crippen molar-refractivity contribution in [3.05, 3.63) is 90.3 Å². The molecular weight excluding hydrogens is 372 g/mol. The fraction of sp³-hybridized carbons (Fsp3) is 0.250. The quantitative estimate of drug-likeness (QED) is 0.595. The Bertz CT molecular complexity index is 848. The van der Waals surface area contributed by atoms with Crippen LogP contribution in [-0.4, -0.2) is 51.7 Å². The van der Waals surface area contributed by atoms with E-state index in [0.717, 1.165) is 36.3 Å². The number of rotatable bonds is 6. The third-order valence-electron chi connectivity index (χ3n) is 4.95. The zero-order valence-electron chi connectivity index (χ0n) is 16.7. The molecule has 4 rings (SSSR count). The van der Waals surface area contributed by atoms with Gasteiger partial charge in [-0.25, -0.2) is 0 Å². The third-order valence-corrected chi connectivity index (χ3v) is 4.95. The van der Waals surface area contributed by atoms with Gasteiger partial charge in [0.25, 0.3) is 0 Å². The van der Waals surface area contributed by atoms with E-state index >= 15 is 0 Å². The van der Waals surface area contributed by atoms with E-state index in [9.17, 15) is 0 Å². The van der Waals surface area contributed by atoms with Crippen molar-refractivity contribution in [2.75, 3.05) is 0 Å². The SMILES string of the molecule is C(=NC1CC(N=Cc2ccccn2)CC(N=Cc2ccccn2)C1)c1ccccn1. The number of aliphatic imine (C=N–C) groups is 3. The summed E-state index contributed by atoms with van der Waals surface area (Å²) in [5.41, 5.74) is 2.60. The predicted octanol–water partition coefficient (Wildman–Crippen LogP) is 3.82. The van der Waals surface area contributed by atoms with E-state index in [4.69, 9.17) is 15.0 Å². The summed E-state index contributed by atoms with van der Waals surface area (Å²) in [7, 11) is 0. The molecule has 1 aliphatic carbocycles. The number of pyridine rings is 3. The number of hydrogen-bond donors (Lipinski definition) is 0. The lowest BCUT2D eigenvalue weighted by atomic mass is 9.88. The highest BCUT2D eigenvalue weighted by molar-refractivity contribution is 5.78. The molecule has 0 N–H and O–H groups in total. The van der Waals surface area contributed by atoms with Crippen LogP contribution in [0.25, 0.3) is 0 Å². The molecule has 3 aromatic heterocycles. The molecule has 0 unspecified atom stereocenters. The molecule has 3 aromatic rings. The lowest BCUT2D eigenvalue weighted by molar-refractivity contribution is 0.358. The van der Waals surface area contributed by atoms with Crippen molar-refractivity contribution in [2.45, 2.75) is 37.4 Å². The normalized spacial score (nSPS) is 22.2. The molecule has 0 radical (unpaired) electrons. The summed E-state index contributed by atoms with van der Waals surface area (Å²) in [5, 5.41) is 0. The summed E-state index contributed by atoms with van der Waals surface area (Å²) < 4.78 is 0. The van der Waals surface area contributed by atoms with E-state index in [0.29, 0.717) is 0 Å². The molecule has 1 saturated carbocycles. The van der Waals surface area contributed by atoms with Crippen LogP contribution in [0, 0.1) is 0 Å². The summed E-state index contributed by atoms with van der Waals surface area (Å²) in [4.78, 5) is 27.4. The molecule has 0 bridgehead atoms. The average molecular weight is 396 g/mol. The first-order chi connectivity index (χ1) is 14.8. The molecule has 6 heteroatoms. The molecule has 30 heavy (non-hydrogen) atoms. The van der Waals surface area contributed by atoms with Gasteiger partial charge in [0.1, 0.15) is 0 Å². The fourth-order valence-corrected chi connectivity index (χ4v) is 3.50. The second-order valence-electron chi connectivity index (χ2n) is 7.27. The Morgan fingerprint density at radius 2 is 0.867 bits per heavy atom. The molecule has 3 heterocycles. The van der Waals surface area contributed by atoms with Crippen LogP contribution in [0.2, 0.25) is 0 Å². The van der Waals surface area contributed by atoms with Crippen LogP contribution in [0.15, 0.2) is 88.2 Å². The van der Waals surface area contributed by atoms with E-state index in [1.807, 2.05) is 73.2 Å². The maximum absolute atomic E-state index is 4.80. The van der Waals surface area contributed by atoms with Gasteiger partial charge in [-0.15, -0.1) is 0 Å². The van der Waals surface area contributed by atoms with Crippen LogP contribution in [-0.2, 0) is 0 Å². The van der Waals surface area contributed by atoms with E-state index in [2.05, 4.69) is 15.0 Å². The molecule has 0 saturated heterocycles. The first-order valence-corrected chi connectivity index (χ1v) is 10.2. The molecule has 6 nitrogen and oxygen atoms in total. The van der Waals surface area contributed by atoms with Crippen molar-refractivity contribution in [3.8, 4) is 0 Å². The Kier molecular flexibility index (Phi) is 6.78. The van der Waals surface area contributed by atoms with Gasteiger partial charge in [-0.05, 0) is 55.7 Å². The molecule has 0 aliphatic heterocycles. The van der Waals surface area contributed by atoms with Crippen molar-refractivity contribution >= 4 is 18.6 Å². The molecule has 1 aliphatic rings. The van der Waals surface area contributed by atoms with Crippen molar-refractivity contribution < 1.29 is 0 Å². The Hall–Kier alpha value is -3.54. The van der Waals surface area contributed by atoms with Crippen LogP contribution in [0.1, 0.15) is 36.3 Å². The van der Waals surface area contributed by atoms with E-state index in [1.165, 1.54) is 0 Å². The minimum absolute atomic E-state index is 0.150. The fourth-order valence-electron chi connectivity index (χ4n) is 3.50. The van der Waals surface area contributed by atoms with Crippen LogP contribution < -0.4 is 0 Å². The monoisotopic (exact) mass is 396 g/mol. The Morgan fingerprint density at radius 3 is 1.13 bits per heavy atom. The number of aromatic nitrogens is 3. The van der Waals surface area contributed by atoms with Crippen LogP contribution in [0.3, 0.4) is 0 Å². The highest BCUT2D eigenvalue weighted by Gasteiger charge is 2.27. The summed E-state index contributed by atoms with van der Waals surface area (Å²) >= 11 is 0. The van der Waals surface area contributed by atoms with Gasteiger partial charge >= 0.3 is 0 Å². The van der Waals surface area contributed by atoms with Crippen LogP contribution in [0.4, 0.5) is 0 Å². The van der Waals surface area contributed by atoms with Gasteiger partial charge < -0.3 is 0 Å². The van der Waals surface area contributed by atoms with Crippen molar-refractivity contribution in [1.29, 1.82) is 0 Å². The zero-order valence-corrected chi connectivity index (χ0v) is 16.7. The first-order valence-electron chi connectivity index (χ1n) is 10.2. The average Bonchev–Trinajstić information content (AvgIpc) is 2.82. The van der Waals surface area contributed by atoms with Crippen LogP contribution in [0.5, 0.6) is 0 Å². The minimum Gasteiger partial charge on any atom is -0.287 e. The summed E-state index contributed by atoms with van der Waals surface area (Å²) in [6, 6.07) is 17.9. The predicted molar refractivity (Wildman–Crippen MR) is 121 cm³/mol. The Labute approximate surface area is 176 Å². The molecular formula is C24H24N6. The van der Waals surface area contributed by atoms with Crippen molar-refractivity contribution in [1.82, 2.24) is 15.0 Å². The van der Waals surface area contributed by atoms with Gasteiger partial charge in [0.2, 0.25) is 0 Å². The Balaban J connectivity index is 1.48. The van der Waals surface area contributed by atoms with Crippen LogP contribution >= 0.6 is 0 Å². The summed E-state index contributed by atoms with van der Waals surface area (Å²) in [6.45, 7) is 0. The summed E-state index contributed by atoms with van der Waals surface area (Å²) in [5.74, 6) is 0. The first kappa shape index (κ1) is 19.8. The van der Waals surface area contributed by atoms with Crippen molar-refractivity contribution in [3.63, 3.8) is 0 Å². The lowest BCUT2D eigenvalue weighted by Gasteiger charge is -2.29. The number of nitrogens with zero attached hydrogens (tertiary/aromatic N) is 6. The van der Waals surface area contributed by atoms with E-state index < -0.39 is 0 Å². The molecule has 0 spiro atoms. The summed E-state index contributed by atoms with van der Waals surface area (Å²) in [6.07, 6.45) is 13.6. The number of hydrogen-bond acceptors (Lipinski definition) is 6. The minimum atomic E-state index is 0.150. The van der Waals surface area contributed by atoms with Gasteiger partial charge in [0.15, 0.2) is 0 Å². The topological polar surface area (TPSA) is 75.8 Å².